The van der Waals surface area contributed by atoms with Gasteiger partial charge in [-0.2, -0.15) is 0 Å². The van der Waals surface area contributed by atoms with E-state index in [9.17, 15) is 4.79 Å². The molecule has 2 rings (SSSR count). The van der Waals surface area contributed by atoms with Gasteiger partial charge in [0.1, 0.15) is 0 Å². The predicted molar refractivity (Wildman–Crippen MR) is 75.0 cm³/mol. The van der Waals surface area contributed by atoms with E-state index in [1.54, 1.807) is 0 Å². The van der Waals surface area contributed by atoms with Crippen molar-refractivity contribution in [1.82, 2.24) is 5.32 Å². The van der Waals surface area contributed by atoms with Gasteiger partial charge in [0.15, 0.2) is 0 Å². The average molecular weight is 246 g/mol. The fourth-order valence-corrected chi connectivity index (χ4v) is 2.17. The van der Waals surface area contributed by atoms with Gasteiger partial charge in [-0.25, -0.2) is 0 Å². The van der Waals surface area contributed by atoms with Crippen LogP contribution in [0.1, 0.15) is 42.1 Å². The Balaban J connectivity index is 2.03. The number of carbonyl (C=O) groups is 1. The minimum atomic E-state index is 0.00388. The van der Waals surface area contributed by atoms with E-state index in [2.05, 4.69) is 17.6 Å². The first-order chi connectivity index (χ1) is 8.70. The summed E-state index contributed by atoms with van der Waals surface area (Å²) in [5.74, 6) is 0.821. The van der Waals surface area contributed by atoms with E-state index in [4.69, 9.17) is 0 Å². The van der Waals surface area contributed by atoms with E-state index < -0.39 is 0 Å². The second-order valence-electron chi connectivity index (χ2n) is 5.07. The van der Waals surface area contributed by atoms with Crippen LogP contribution in [0.3, 0.4) is 0 Å². The molecule has 1 amide bonds. The lowest BCUT2D eigenvalue weighted by molar-refractivity contribution is 0.0956. The Morgan fingerprint density at radius 3 is 2.78 bits per heavy atom. The second-order valence-corrected chi connectivity index (χ2v) is 5.07. The highest BCUT2D eigenvalue weighted by Crippen LogP contribution is 2.27. The summed E-state index contributed by atoms with van der Waals surface area (Å²) >= 11 is 0. The van der Waals surface area contributed by atoms with Crippen molar-refractivity contribution in [3.63, 3.8) is 0 Å². The van der Waals surface area contributed by atoms with Crippen molar-refractivity contribution in [1.29, 1.82) is 0 Å². The number of benzene rings is 1. The molecule has 1 aromatic rings. The van der Waals surface area contributed by atoms with Crippen molar-refractivity contribution >= 4 is 11.6 Å². The third kappa shape index (κ3) is 3.03. The molecule has 0 atom stereocenters. The number of anilines is 1. The average Bonchev–Trinajstić information content (AvgIpc) is 2.29. The van der Waals surface area contributed by atoms with Crippen LogP contribution in [0, 0.1) is 12.8 Å². The number of amides is 1. The lowest BCUT2D eigenvalue weighted by Gasteiger charge is -2.26. The van der Waals surface area contributed by atoms with E-state index in [-0.39, 0.29) is 5.91 Å². The Morgan fingerprint density at radius 1 is 1.39 bits per heavy atom. The van der Waals surface area contributed by atoms with Crippen LogP contribution in [0.5, 0.6) is 0 Å². The van der Waals surface area contributed by atoms with Crippen molar-refractivity contribution in [2.75, 3.05) is 18.4 Å². The van der Waals surface area contributed by atoms with Crippen LogP contribution in [0.25, 0.3) is 0 Å². The second kappa shape index (κ2) is 5.89. The van der Waals surface area contributed by atoms with Crippen molar-refractivity contribution in [3.8, 4) is 0 Å². The molecule has 0 spiro atoms. The van der Waals surface area contributed by atoms with Gasteiger partial charge in [-0.05, 0) is 50.3 Å². The van der Waals surface area contributed by atoms with Crippen molar-refractivity contribution in [2.24, 2.45) is 5.92 Å². The van der Waals surface area contributed by atoms with Gasteiger partial charge in [-0.3, -0.25) is 4.79 Å². The van der Waals surface area contributed by atoms with Crippen LogP contribution in [-0.2, 0) is 0 Å². The van der Waals surface area contributed by atoms with Crippen molar-refractivity contribution in [2.45, 2.75) is 33.1 Å². The van der Waals surface area contributed by atoms with Crippen molar-refractivity contribution in [3.05, 3.63) is 29.3 Å². The van der Waals surface area contributed by atoms with E-state index in [0.29, 0.717) is 6.54 Å². The molecule has 0 unspecified atom stereocenters. The zero-order chi connectivity index (χ0) is 13.0. The van der Waals surface area contributed by atoms with Crippen molar-refractivity contribution < 1.29 is 4.79 Å². The largest absolute Gasteiger partial charge is 0.385 e. The van der Waals surface area contributed by atoms with Gasteiger partial charge in [0.05, 0.1) is 0 Å². The molecular formula is C15H22N2O. The number of carbonyl (C=O) groups excluding carboxylic acids is 1. The predicted octanol–water partition coefficient (Wildman–Crippen LogP) is 2.96. The van der Waals surface area contributed by atoms with Crippen LogP contribution in [-0.4, -0.2) is 19.0 Å². The molecule has 1 aliphatic carbocycles. The fourth-order valence-electron chi connectivity index (χ4n) is 2.17. The topological polar surface area (TPSA) is 41.1 Å². The molecule has 0 bridgehead atoms. The Hall–Kier alpha value is -1.51. The summed E-state index contributed by atoms with van der Waals surface area (Å²) in [5.41, 5.74) is 3.02. The zero-order valence-electron chi connectivity index (χ0n) is 11.3. The third-order valence-corrected chi connectivity index (χ3v) is 3.64. The number of nitrogens with one attached hydrogen (secondary N) is 2. The summed E-state index contributed by atoms with van der Waals surface area (Å²) in [6, 6.07) is 5.85. The molecule has 18 heavy (non-hydrogen) atoms. The van der Waals surface area contributed by atoms with E-state index in [0.717, 1.165) is 23.7 Å². The normalized spacial score (nSPS) is 15.0. The molecule has 98 valence electrons. The highest BCUT2D eigenvalue weighted by Gasteiger charge is 2.17. The summed E-state index contributed by atoms with van der Waals surface area (Å²) in [6.07, 6.45) is 4.04. The zero-order valence-corrected chi connectivity index (χ0v) is 11.3. The molecule has 0 radical (unpaired) electrons. The number of hydrogen-bond donors (Lipinski definition) is 2. The number of aryl methyl sites for hydroxylation is 1. The molecule has 0 aromatic heterocycles. The van der Waals surface area contributed by atoms with Gasteiger partial charge in [0.25, 0.3) is 5.91 Å². The monoisotopic (exact) mass is 246 g/mol. The van der Waals surface area contributed by atoms with Gasteiger partial charge in [-0.15, -0.1) is 0 Å². The maximum Gasteiger partial charge on any atom is 0.251 e. The number of hydrogen-bond acceptors (Lipinski definition) is 2. The molecule has 3 heteroatoms. The molecule has 1 fully saturated rings. The first-order valence-corrected chi connectivity index (χ1v) is 6.83. The molecule has 0 saturated heterocycles. The minimum absolute atomic E-state index is 0.00388. The summed E-state index contributed by atoms with van der Waals surface area (Å²) in [6.45, 7) is 5.70. The lowest BCUT2D eigenvalue weighted by atomic mass is 9.85. The van der Waals surface area contributed by atoms with Crippen LogP contribution < -0.4 is 10.6 Å². The standard InChI is InChI=1S/C15H22N2O/c1-3-16-15(18)13-8-7-11(2)14(9-13)17-10-12-5-4-6-12/h7-9,12,17H,3-6,10H2,1-2H3,(H,16,18). The molecule has 3 nitrogen and oxygen atoms in total. The number of rotatable bonds is 5. The molecule has 0 heterocycles. The first kappa shape index (κ1) is 12.9. The van der Waals surface area contributed by atoms with Crippen LogP contribution in [0.2, 0.25) is 0 Å². The summed E-state index contributed by atoms with van der Waals surface area (Å²) in [5, 5.41) is 6.30. The highest BCUT2D eigenvalue weighted by molar-refractivity contribution is 5.95. The maximum atomic E-state index is 11.8. The van der Waals surface area contributed by atoms with Gasteiger partial charge in [-0.1, -0.05) is 12.5 Å². The van der Waals surface area contributed by atoms with Gasteiger partial charge >= 0.3 is 0 Å². The quantitative estimate of drug-likeness (QED) is 0.838. The first-order valence-electron chi connectivity index (χ1n) is 6.83. The van der Waals surface area contributed by atoms with Gasteiger partial charge < -0.3 is 10.6 Å². The summed E-state index contributed by atoms with van der Waals surface area (Å²) in [4.78, 5) is 11.8. The van der Waals surface area contributed by atoms with Crippen LogP contribution >= 0.6 is 0 Å². The Bertz CT molecular complexity index is 425. The Morgan fingerprint density at radius 2 is 2.17 bits per heavy atom. The SMILES string of the molecule is CCNC(=O)c1ccc(C)c(NCC2CCC2)c1. The van der Waals surface area contributed by atoms with Crippen LogP contribution in [0.15, 0.2) is 18.2 Å². The van der Waals surface area contributed by atoms with Crippen LogP contribution in [0.4, 0.5) is 5.69 Å². The minimum Gasteiger partial charge on any atom is -0.385 e. The van der Waals surface area contributed by atoms with E-state index >= 15 is 0 Å². The molecule has 1 saturated carbocycles. The van der Waals surface area contributed by atoms with Gasteiger partial charge in [0, 0.05) is 24.3 Å². The molecular weight excluding hydrogens is 224 g/mol. The smallest absolute Gasteiger partial charge is 0.251 e. The van der Waals surface area contributed by atoms with E-state index in [1.807, 2.05) is 25.1 Å². The molecule has 1 aromatic carbocycles. The molecule has 2 N–H and O–H groups in total. The maximum absolute atomic E-state index is 11.8. The third-order valence-electron chi connectivity index (χ3n) is 3.64. The Labute approximate surface area is 109 Å². The summed E-state index contributed by atoms with van der Waals surface area (Å²) in [7, 11) is 0. The van der Waals surface area contributed by atoms with E-state index in [1.165, 1.54) is 24.8 Å². The summed E-state index contributed by atoms with van der Waals surface area (Å²) < 4.78 is 0. The highest BCUT2D eigenvalue weighted by atomic mass is 16.1. The fraction of sp³-hybridized carbons (Fsp3) is 0.533. The van der Waals surface area contributed by atoms with Gasteiger partial charge in [0.2, 0.25) is 0 Å². The molecule has 0 aliphatic heterocycles. The molecule has 1 aliphatic rings. The lowest BCUT2D eigenvalue weighted by Crippen LogP contribution is -2.23. The Kier molecular flexibility index (Phi) is 4.24.